The lowest BCUT2D eigenvalue weighted by Crippen LogP contribution is -2.35. The zero-order valence-corrected chi connectivity index (χ0v) is 14.6. The highest BCUT2D eigenvalue weighted by Gasteiger charge is 2.23. The molecule has 0 radical (unpaired) electrons. The van der Waals surface area contributed by atoms with E-state index in [9.17, 15) is 14.4 Å². The van der Waals surface area contributed by atoms with E-state index in [0.29, 0.717) is 16.7 Å². The van der Waals surface area contributed by atoms with Gasteiger partial charge in [-0.05, 0) is 6.07 Å². The Morgan fingerprint density at radius 3 is 2.12 bits per heavy atom. The Balaban J connectivity index is 2.26. The second kappa shape index (κ2) is 8.24. The predicted octanol–water partition coefficient (Wildman–Crippen LogP) is 2.80. The number of esters is 1. The van der Waals surface area contributed by atoms with Gasteiger partial charge in [-0.15, -0.1) is 0 Å². The number of rotatable bonds is 6. The first-order valence-corrected chi connectivity index (χ1v) is 7.97. The first-order valence-electron chi connectivity index (χ1n) is 7.97. The fourth-order valence-corrected chi connectivity index (χ4v) is 2.59. The van der Waals surface area contributed by atoms with E-state index in [4.69, 9.17) is 0 Å². The first-order chi connectivity index (χ1) is 12.0. The summed E-state index contributed by atoms with van der Waals surface area (Å²) in [5.74, 6) is -1.35. The maximum Gasteiger partial charge on any atom is 0.310 e. The average Bonchev–Trinajstić information content (AvgIpc) is 2.66. The highest BCUT2D eigenvalue weighted by atomic mass is 16.5. The summed E-state index contributed by atoms with van der Waals surface area (Å²) in [5, 5.41) is 0. The van der Waals surface area contributed by atoms with Crippen LogP contribution in [0, 0.1) is 5.92 Å². The summed E-state index contributed by atoms with van der Waals surface area (Å²) in [4.78, 5) is 38.5. The van der Waals surface area contributed by atoms with E-state index in [0.717, 1.165) is 0 Å². The predicted molar refractivity (Wildman–Crippen MR) is 94.5 cm³/mol. The van der Waals surface area contributed by atoms with Gasteiger partial charge in [0.25, 0.3) is 5.91 Å². The number of hydrogen-bond acceptors (Lipinski definition) is 4. The smallest absolute Gasteiger partial charge is 0.310 e. The van der Waals surface area contributed by atoms with Gasteiger partial charge in [-0.25, -0.2) is 0 Å². The molecule has 0 aliphatic rings. The largest absolute Gasteiger partial charge is 0.469 e. The van der Waals surface area contributed by atoms with Gasteiger partial charge in [0.05, 0.1) is 18.6 Å². The van der Waals surface area contributed by atoms with Crippen LogP contribution in [0.1, 0.15) is 33.2 Å². The lowest BCUT2D eigenvalue weighted by Gasteiger charge is -2.21. The minimum absolute atomic E-state index is 0.208. The zero-order valence-electron chi connectivity index (χ0n) is 14.6. The molecule has 1 amide bonds. The molecule has 0 N–H and O–H groups in total. The van der Waals surface area contributed by atoms with Crippen LogP contribution >= 0.6 is 0 Å². The summed E-state index contributed by atoms with van der Waals surface area (Å²) in [7, 11) is 2.92. The average molecular weight is 339 g/mol. The van der Waals surface area contributed by atoms with Crippen molar-refractivity contribution in [1.82, 2.24) is 4.90 Å². The molecular weight excluding hydrogens is 318 g/mol. The highest BCUT2D eigenvalue weighted by molar-refractivity contribution is 6.15. The number of carbonyl (C=O) groups excluding carboxylic acids is 3. The standard InChI is InChI=1S/C20H21NO4/c1-14(20(24)25-3)13-21(2)19(23)17-12-8-7-11-16(17)18(22)15-9-5-4-6-10-15/h4-12,14H,13H2,1-3H3. The normalized spacial score (nSPS) is 11.5. The van der Waals surface area contributed by atoms with Gasteiger partial charge in [0.1, 0.15) is 0 Å². The van der Waals surface area contributed by atoms with E-state index in [1.54, 1.807) is 62.5 Å². The summed E-state index contributed by atoms with van der Waals surface area (Å²) in [5.41, 5.74) is 1.18. The molecule has 5 nitrogen and oxygen atoms in total. The molecule has 1 unspecified atom stereocenters. The number of nitrogens with zero attached hydrogens (tertiary/aromatic N) is 1. The van der Waals surface area contributed by atoms with Crippen LogP contribution in [-0.4, -0.2) is 43.3 Å². The Bertz CT molecular complexity index is 770. The van der Waals surface area contributed by atoms with Crippen LogP contribution in [0.5, 0.6) is 0 Å². The van der Waals surface area contributed by atoms with Crippen molar-refractivity contribution in [2.45, 2.75) is 6.92 Å². The van der Waals surface area contributed by atoms with E-state index in [1.165, 1.54) is 12.0 Å². The maximum absolute atomic E-state index is 12.8. The topological polar surface area (TPSA) is 63.7 Å². The molecule has 130 valence electrons. The molecule has 1 atom stereocenters. The molecule has 2 rings (SSSR count). The molecule has 0 spiro atoms. The lowest BCUT2D eigenvalue weighted by molar-refractivity contribution is -0.145. The summed E-state index contributed by atoms with van der Waals surface area (Å²) >= 11 is 0. The molecule has 0 aliphatic carbocycles. The number of hydrogen-bond donors (Lipinski definition) is 0. The summed E-state index contributed by atoms with van der Waals surface area (Å²) in [6.07, 6.45) is 0. The summed E-state index contributed by atoms with van der Waals surface area (Å²) < 4.78 is 4.69. The number of benzene rings is 2. The molecule has 0 saturated carbocycles. The van der Waals surface area contributed by atoms with Crippen molar-refractivity contribution >= 4 is 17.7 Å². The molecule has 0 aromatic heterocycles. The maximum atomic E-state index is 12.8. The molecule has 0 fully saturated rings. The van der Waals surface area contributed by atoms with E-state index >= 15 is 0 Å². The van der Waals surface area contributed by atoms with Gasteiger partial charge in [-0.2, -0.15) is 0 Å². The molecule has 25 heavy (non-hydrogen) atoms. The third kappa shape index (κ3) is 4.32. The van der Waals surface area contributed by atoms with Gasteiger partial charge in [0.15, 0.2) is 5.78 Å². The molecule has 2 aromatic carbocycles. The van der Waals surface area contributed by atoms with Gasteiger partial charge < -0.3 is 9.64 Å². The number of carbonyl (C=O) groups is 3. The third-order valence-corrected chi connectivity index (χ3v) is 3.94. The van der Waals surface area contributed by atoms with Crippen molar-refractivity contribution in [2.75, 3.05) is 20.7 Å². The quantitative estimate of drug-likeness (QED) is 0.600. The summed E-state index contributed by atoms with van der Waals surface area (Å²) in [6.45, 7) is 1.90. The Kier molecular flexibility index (Phi) is 6.06. The highest BCUT2D eigenvalue weighted by Crippen LogP contribution is 2.17. The van der Waals surface area contributed by atoms with E-state index in [1.807, 2.05) is 6.07 Å². The van der Waals surface area contributed by atoms with Gasteiger partial charge in [-0.1, -0.05) is 55.5 Å². The van der Waals surface area contributed by atoms with Crippen LogP contribution in [0.3, 0.4) is 0 Å². The van der Waals surface area contributed by atoms with Crippen LogP contribution < -0.4 is 0 Å². The monoisotopic (exact) mass is 339 g/mol. The Hall–Kier alpha value is -2.95. The molecule has 0 heterocycles. The summed E-state index contributed by atoms with van der Waals surface area (Å²) in [6, 6.07) is 15.5. The van der Waals surface area contributed by atoms with E-state index in [2.05, 4.69) is 4.74 Å². The van der Waals surface area contributed by atoms with E-state index in [-0.39, 0.29) is 24.2 Å². The first kappa shape index (κ1) is 18.4. The fraction of sp³-hybridized carbons (Fsp3) is 0.250. The molecule has 0 bridgehead atoms. The van der Waals surface area contributed by atoms with Gasteiger partial charge in [0.2, 0.25) is 0 Å². The van der Waals surface area contributed by atoms with Crippen LogP contribution in [0.2, 0.25) is 0 Å². The Morgan fingerprint density at radius 1 is 0.960 bits per heavy atom. The van der Waals surface area contributed by atoms with Crippen molar-refractivity contribution in [3.05, 3.63) is 71.3 Å². The van der Waals surface area contributed by atoms with Gasteiger partial charge in [-0.3, -0.25) is 14.4 Å². The minimum Gasteiger partial charge on any atom is -0.469 e. The van der Waals surface area contributed by atoms with Crippen molar-refractivity contribution in [3.63, 3.8) is 0 Å². The second-order valence-corrected chi connectivity index (χ2v) is 5.85. The lowest BCUT2D eigenvalue weighted by atomic mass is 9.97. The third-order valence-electron chi connectivity index (χ3n) is 3.94. The van der Waals surface area contributed by atoms with Crippen molar-refractivity contribution in [1.29, 1.82) is 0 Å². The molecule has 5 heteroatoms. The number of ketones is 1. The van der Waals surface area contributed by atoms with Crippen molar-refractivity contribution in [3.8, 4) is 0 Å². The van der Waals surface area contributed by atoms with Crippen molar-refractivity contribution in [2.24, 2.45) is 5.92 Å². The molecule has 0 aliphatic heterocycles. The SMILES string of the molecule is COC(=O)C(C)CN(C)C(=O)c1ccccc1C(=O)c1ccccc1. The van der Waals surface area contributed by atoms with E-state index < -0.39 is 5.92 Å². The zero-order chi connectivity index (χ0) is 18.4. The number of methoxy groups -OCH3 is 1. The molecule has 0 saturated heterocycles. The number of ether oxygens (including phenoxy) is 1. The van der Waals surface area contributed by atoms with Crippen LogP contribution in [0.25, 0.3) is 0 Å². The van der Waals surface area contributed by atoms with Crippen LogP contribution in [-0.2, 0) is 9.53 Å². The van der Waals surface area contributed by atoms with Gasteiger partial charge in [0, 0.05) is 24.7 Å². The molecular formula is C20H21NO4. The molecule has 2 aromatic rings. The van der Waals surface area contributed by atoms with Crippen LogP contribution in [0.4, 0.5) is 0 Å². The Labute approximate surface area is 147 Å². The van der Waals surface area contributed by atoms with Crippen molar-refractivity contribution < 1.29 is 19.1 Å². The minimum atomic E-state index is -0.448. The van der Waals surface area contributed by atoms with Crippen LogP contribution in [0.15, 0.2) is 54.6 Å². The fourth-order valence-electron chi connectivity index (χ4n) is 2.59. The van der Waals surface area contributed by atoms with Gasteiger partial charge >= 0.3 is 5.97 Å². The number of amides is 1. The Morgan fingerprint density at radius 2 is 1.52 bits per heavy atom. The second-order valence-electron chi connectivity index (χ2n) is 5.85.